The quantitative estimate of drug-likeness (QED) is 0.726. The number of carbonyl (C=O) groups is 1. The topological polar surface area (TPSA) is 63.7 Å². The first-order valence-electron chi connectivity index (χ1n) is 5.97. The molecule has 0 aromatic heterocycles. The minimum atomic E-state index is -4.49. The lowest BCUT2D eigenvalue weighted by atomic mass is 10.0. The predicted molar refractivity (Wildman–Crippen MR) is 65.4 cm³/mol. The molecule has 0 aromatic carbocycles. The monoisotopic (exact) mass is 281 g/mol. The van der Waals surface area contributed by atoms with E-state index in [1.165, 1.54) is 4.90 Å². The molecule has 1 aliphatic rings. The smallest absolute Gasteiger partial charge is 0.410 e. The van der Waals surface area contributed by atoms with Crippen molar-refractivity contribution in [3.8, 4) is 0 Å². The number of rotatable bonds is 2. The van der Waals surface area contributed by atoms with Crippen molar-refractivity contribution in [2.45, 2.75) is 39.2 Å². The van der Waals surface area contributed by atoms with E-state index in [0.29, 0.717) is 19.4 Å². The fraction of sp³-hybridized carbons (Fsp3) is 0.909. The first-order valence-corrected chi connectivity index (χ1v) is 7.52. The van der Waals surface area contributed by atoms with Crippen LogP contribution in [0.2, 0.25) is 0 Å². The second kappa shape index (κ2) is 5.42. The van der Waals surface area contributed by atoms with Crippen LogP contribution in [0, 0.1) is 5.92 Å². The second-order valence-electron chi connectivity index (χ2n) is 5.64. The summed E-state index contributed by atoms with van der Waals surface area (Å²) in [5.74, 6) is -0.868. The van der Waals surface area contributed by atoms with Gasteiger partial charge in [0.05, 0.1) is 5.75 Å². The molecule has 0 aromatic rings. The van der Waals surface area contributed by atoms with Gasteiger partial charge in [0, 0.05) is 13.1 Å². The number of likely N-dealkylation sites (tertiary alicyclic amines) is 1. The van der Waals surface area contributed by atoms with Gasteiger partial charge >= 0.3 is 16.3 Å². The molecule has 0 unspecified atom stereocenters. The minimum absolute atomic E-state index is 0.234. The van der Waals surface area contributed by atoms with Gasteiger partial charge in [0.25, 0.3) is 0 Å². The molecule has 5 nitrogen and oxygen atoms in total. The SMILES string of the molecule is CC(C)(C)OC(=O)N1CCC[C@H](CS(=O)(=O)F)C1. The summed E-state index contributed by atoms with van der Waals surface area (Å²) < 4.78 is 39.0. The Hall–Kier alpha value is -0.850. The first kappa shape index (κ1) is 15.2. The predicted octanol–water partition coefficient (Wildman–Crippen LogP) is 1.93. The van der Waals surface area contributed by atoms with E-state index < -0.39 is 27.7 Å². The molecular formula is C11H20FNO4S. The molecule has 1 aliphatic heterocycles. The average Bonchev–Trinajstić information content (AvgIpc) is 2.12. The number of hydrogen-bond acceptors (Lipinski definition) is 4. The molecule has 18 heavy (non-hydrogen) atoms. The Bertz CT molecular complexity index is 402. The molecule has 1 heterocycles. The van der Waals surface area contributed by atoms with E-state index in [0.717, 1.165) is 0 Å². The van der Waals surface area contributed by atoms with Crippen molar-refractivity contribution >= 4 is 16.3 Å². The van der Waals surface area contributed by atoms with Gasteiger partial charge in [-0.25, -0.2) is 4.79 Å². The Balaban J connectivity index is 2.56. The van der Waals surface area contributed by atoms with Crippen molar-refractivity contribution in [1.29, 1.82) is 0 Å². The van der Waals surface area contributed by atoms with Crippen LogP contribution in [0.15, 0.2) is 0 Å². The summed E-state index contributed by atoms with van der Waals surface area (Å²) in [5.41, 5.74) is -0.587. The van der Waals surface area contributed by atoms with Crippen LogP contribution in [0.25, 0.3) is 0 Å². The summed E-state index contributed by atoms with van der Waals surface area (Å²) in [5, 5.41) is 0. The fourth-order valence-corrected chi connectivity index (χ4v) is 2.81. The van der Waals surface area contributed by atoms with Gasteiger partial charge in [-0.1, -0.05) is 0 Å². The molecule has 0 N–H and O–H groups in total. The van der Waals surface area contributed by atoms with Crippen molar-refractivity contribution in [2.75, 3.05) is 18.8 Å². The summed E-state index contributed by atoms with van der Waals surface area (Å²) in [6.45, 7) is 6.05. The molecular weight excluding hydrogens is 261 g/mol. The number of halogens is 1. The first-order chi connectivity index (χ1) is 8.07. The zero-order valence-electron chi connectivity index (χ0n) is 11.0. The van der Waals surface area contributed by atoms with Gasteiger partial charge in [0.15, 0.2) is 0 Å². The van der Waals surface area contributed by atoms with Crippen LogP contribution in [-0.2, 0) is 15.0 Å². The third-order valence-corrected chi connectivity index (χ3v) is 3.48. The van der Waals surface area contributed by atoms with Crippen LogP contribution in [-0.4, -0.2) is 43.9 Å². The number of piperidine rings is 1. The summed E-state index contributed by atoms with van der Waals surface area (Å²) >= 11 is 0. The van der Waals surface area contributed by atoms with Gasteiger partial charge in [-0.05, 0) is 39.5 Å². The van der Waals surface area contributed by atoms with Crippen LogP contribution in [0.3, 0.4) is 0 Å². The molecule has 0 bridgehead atoms. The molecule has 0 saturated carbocycles. The Morgan fingerprint density at radius 2 is 2.06 bits per heavy atom. The van der Waals surface area contributed by atoms with Crippen molar-refractivity contribution < 1.29 is 21.8 Å². The molecule has 1 amide bonds. The normalized spacial score (nSPS) is 21.8. The molecule has 1 saturated heterocycles. The molecule has 7 heteroatoms. The average molecular weight is 281 g/mol. The van der Waals surface area contributed by atoms with Crippen LogP contribution < -0.4 is 0 Å². The van der Waals surface area contributed by atoms with E-state index in [2.05, 4.69) is 0 Å². The van der Waals surface area contributed by atoms with E-state index in [-0.39, 0.29) is 12.5 Å². The largest absolute Gasteiger partial charge is 0.444 e. The maximum absolute atomic E-state index is 12.6. The van der Waals surface area contributed by atoms with Crippen LogP contribution in [0.4, 0.5) is 8.68 Å². The Labute approximate surface area is 108 Å². The zero-order valence-corrected chi connectivity index (χ0v) is 11.8. The van der Waals surface area contributed by atoms with E-state index in [4.69, 9.17) is 4.74 Å². The number of ether oxygens (including phenoxy) is 1. The van der Waals surface area contributed by atoms with Crippen LogP contribution >= 0.6 is 0 Å². The van der Waals surface area contributed by atoms with Crippen LogP contribution in [0.1, 0.15) is 33.6 Å². The third-order valence-electron chi connectivity index (χ3n) is 2.61. The van der Waals surface area contributed by atoms with E-state index in [1.807, 2.05) is 0 Å². The highest BCUT2D eigenvalue weighted by Gasteiger charge is 2.29. The maximum Gasteiger partial charge on any atom is 0.410 e. The summed E-state index contributed by atoms with van der Waals surface area (Å²) in [6.07, 6.45) is 0.811. The molecule has 1 fully saturated rings. The molecule has 1 rings (SSSR count). The van der Waals surface area contributed by atoms with Gasteiger partial charge < -0.3 is 9.64 Å². The Morgan fingerprint density at radius 1 is 1.44 bits per heavy atom. The zero-order chi connectivity index (χ0) is 14.0. The Morgan fingerprint density at radius 3 is 2.56 bits per heavy atom. The van der Waals surface area contributed by atoms with Gasteiger partial charge in [-0.2, -0.15) is 8.42 Å². The van der Waals surface area contributed by atoms with E-state index >= 15 is 0 Å². The molecule has 1 atom stereocenters. The molecule has 0 spiro atoms. The lowest BCUT2D eigenvalue weighted by Crippen LogP contribution is -2.44. The van der Waals surface area contributed by atoms with E-state index in [9.17, 15) is 17.1 Å². The van der Waals surface area contributed by atoms with Gasteiger partial charge in [-0.3, -0.25) is 0 Å². The number of amides is 1. The molecule has 106 valence electrons. The molecule has 0 aliphatic carbocycles. The van der Waals surface area contributed by atoms with Crippen molar-refractivity contribution in [3.63, 3.8) is 0 Å². The van der Waals surface area contributed by atoms with E-state index in [1.54, 1.807) is 20.8 Å². The highest BCUT2D eigenvalue weighted by atomic mass is 32.3. The van der Waals surface area contributed by atoms with Crippen LogP contribution in [0.5, 0.6) is 0 Å². The summed E-state index contributed by atoms with van der Waals surface area (Å²) in [4.78, 5) is 13.2. The van der Waals surface area contributed by atoms with Gasteiger partial charge in [-0.15, -0.1) is 3.89 Å². The second-order valence-corrected chi connectivity index (χ2v) is 7.05. The minimum Gasteiger partial charge on any atom is -0.444 e. The highest BCUT2D eigenvalue weighted by molar-refractivity contribution is 7.86. The van der Waals surface area contributed by atoms with Crippen molar-refractivity contribution in [3.05, 3.63) is 0 Å². The molecule has 0 radical (unpaired) electrons. The van der Waals surface area contributed by atoms with Crippen molar-refractivity contribution in [1.82, 2.24) is 4.90 Å². The van der Waals surface area contributed by atoms with Crippen molar-refractivity contribution in [2.24, 2.45) is 5.92 Å². The van der Waals surface area contributed by atoms with Gasteiger partial charge in [0.2, 0.25) is 0 Å². The maximum atomic E-state index is 12.6. The lowest BCUT2D eigenvalue weighted by Gasteiger charge is -2.33. The highest BCUT2D eigenvalue weighted by Crippen LogP contribution is 2.21. The third kappa shape index (κ3) is 5.66. The Kier molecular flexibility index (Phi) is 4.58. The number of hydrogen-bond donors (Lipinski definition) is 0. The van der Waals surface area contributed by atoms with Gasteiger partial charge in [0.1, 0.15) is 5.60 Å². The summed E-state index contributed by atoms with van der Waals surface area (Å²) in [6, 6.07) is 0. The fourth-order valence-electron chi connectivity index (χ4n) is 1.97. The standard InChI is InChI=1S/C11H20FNO4S/c1-11(2,3)17-10(14)13-6-4-5-9(7-13)8-18(12,15)16/h9H,4-8H2,1-3H3/t9-/m0/s1. The summed E-state index contributed by atoms with van der Waals surface area (Å²) in [7, 11) is -4.49. The number of nitrogens with zero attached hydrogens (tertiary/aromatic N) is 1. The number of carbonyl (C=O) groups excluding carboxylic acids is 1. The lowest BCUT2D eigenvalue weighted by molar-refractivity contribution is 0.0175.